The highest BCUT2D eigenvalue weighted by molar-refractivity contribution is 7.91. The summed E-state index contributed by atoms with van der Waals surface area (Å²) in [5, 5.41) is 15.0. The van der Waals surface area contributed by atoms with Crippen LogP contribution in [-0.2, 0) is 14.7 Å². The standard InChI is InChI=1S/C24H24N6O4S/c1-26-35(32,17-12-10-16(11-13-17)27-29-25)28-18-14-33-15-21(24(18)31)30-19-6-2-4-8-22(19)34-23-9-5-3-7-20(23)30/h2-13,18,21,24,31H,14-15H2,1H3,(H,26,28,32). The molecule has 0 aliphatic carbocycles. The molecule has 5 rings (SSSR count). The van der Waals surface area contributed by atoms with Crippen molar-refractivity contribution in [1.82, 2.24) is 4.72 Å². The van der Waals surface area contributed by atoms with E-state index in [-0.39, 0.29) is 13.2 Å². The summed E-state index contributed by atoms with van der Waals surface area (Å²) in [5.41, 5.74) is 10.6. The summed E-state index contributed by atoms with van der Waals surface area (Å²) in [6.07, 6.45) is -0.937. The van der Waals surface area contributed by atoms with Crippen LogP contribution in [0.4, 0.5) is 17.1 Å². The molecule has 0 aromatic heterocycles. The molecule has 3 aromatic rings. The molecule has 2 heterocycles. The monoisotopic (exact) mass is 492 g/mol. The number of aliphatic hydroxyl groups excluding tert-OH is 1. The van der Waals surface area contributed by atoms with Crippen LogP contribution in [0.25, 0.3) is 10.4 Å². The van der Waals surface area contributed by atoms with Gasteiger partial charge in [0.05, 0.1) is 47.7 Å². The van der Waals surface area contributed by atoms with Crippen LogP contribution in [0.15, 0.2) is 87.2 Å². The molecule has 35 heavy (non-hydrogen) atoms. The Morgan fingerprint density at radius 1 is 1.03 bits per heavy atom. The quantitative estimate of drug-likeness (QED) is 0.304. The lowest BCUT2D eigenvalue weighted by Crippen LogP contribution is -2.60. The highest BCUT2D eigenvalue weighted by Crippen LogP contribution is 2.48. The van der Waals surface area contributed by atoms with Crippen LogP contribution in [0.5, 0.6) is 11.5 Å². The molecule has 180 valence electrons. The molecular formula is C24H24N6O4S. The SMILES string of the molecule is CN=S(=O)(NC1COCC(N2c3ccccc3Oc3ccccc32)C1O)c1ccc(N=[N+]=[N-])cc1. The van der Waals surface area contributed by atoms with Gasteiger partial charge in [0.25, 0.3) is 0 Å². The molecule has 0 bridgehead atoms. The predicted molar refractivity (Wildman–Crippen MR) is 133 cm³/mol. The lowest BCUT2D eigenvalue weighted by atomic mass is 9.98. The van der Waals surface area contributed by atoms with Gasteiger partial charge in [-0.2, -0.15) is 0 Å². The van der Waals surface area contributed by atoms with Gasteiger partial charge in [-0.05, 0) is 41.9 Å². The third kappa shape index (κ3) is 4.31. The van der Waals surface area contributed by atoms with Gasteiger partial charge >= 0.3 is 0 Å². The average Bonchev–Trinajstić information content (AvgIpc) is 2.89. The van der Waals surface area contributed by atoms with E-state index >= 15 is 0 Å². The Morgan fingerprint density at radius 2 is 1.66 bits per heavy atom. The molecule has 0 radical (unpaired) electrons. The number of nitrogens with one attached hydrogen (secondary N) is 1. The number of fused-ring (bicyclic) bond motifs is 2. The second-order valence-corrected chi connectivity index (χ2v) is 10.2. The Balaban J connectivity index is 1.46. The number of hydrogen-bond acceptors (Lipinski definition) is 7. The van der Waals surface area contributed by atoms with Crippen LogP contribution in [-0.4, -0.2) is 47.8 Å². The van der Waals surface area contributed by atoms with Crippen molar-refractivity contribution in [2.45, 2.75) is 23.1 Å². The van der Waals surface area contributed by atoms with Crippen LogP contribution in [0, 0.1) is 0 Å². The van der Waals surface area contributed by atoms with E-state index in [9.17, 15) is 9.32 Å². The minimum atomic E-state index is -3.09. The Kier molecular flexibility index (Phi) is 6.33. The van der Waals surface area contributed by atoms with E-state index < -0.39 is 28.1 Å². The number of ether oxygens (including phenoxy) is 2. The van der Waals surface area contributed by atoms with Gasteiger partial charge in [0, 0.05) is 17.6 Å². The van der Waals surface area contributed by atoms with Crippen LogP contribution in [0.3, 0.4) is 0 Å². The smallest absolute Gasteiger partial charge is 0.151 e. The Labute approximate surface area is 203 Å². The second-order valence-electron chi connectivity index (χ2n) is 8.12. The van der Waals surface area contributed by atoms with Gasteiger partial charge in [0.2, 0.25) is 0 Å². The van der Waals surface area contributed by atoms with Gasteiger partial charge in [0.1, 0.15) is 9.92 Å². The largest absolute Gasteiger partial charge is 0.453 e. The molecule has 11 heteroatoms. The summed E-state index contributed by atoms with van der Waals surface area (Å²) < 4.78 is 32.9. The Hall–Kier alpha value is -3.60. The van der Waals surface area contributed by atoms with Crippen molar-refractivity contribution in [3.63, 3.8) is 0 Å². The van der Waals surface area contributed by atoms with Gasteiger partial charge in [-0.3, -0.25) is 0 Å². The summed E-state index contributed by atoms with van der Waals surface area (Å²) >= 11 is 0. The van der Waals surface area contributed by atoms with Crippen molar-refractivity contribution < 1.29 is 18.8 Å². The first-order valence-corrected chi connectivity index (χ1v) is 12.5. The first kappa shape index (κ1) is 23.2. The van der Waals surface area contributed by atoms with E-state index in [1.807, 2.05) is 53.4 Å². The third-order valence-electron chi connectivity index (χ3n) is 6.08. The number of azide groups is 1. The molecule has 0 amide bonds. The average molecular weight is 493 g/mol. The summed E-state index contributed by atoms with van der Waals surface area (Å²) in [6.45, 7) is 0.432. The fourth-order valence-corrected chi connectivity index (χ4v) is 5.96. The van der Waals surface area contributed by atoms with Crippen molar-refractivity contribution >= 4 is 27.0 Å². The van der Waals surface area contributed by atoms with Gasteiger partial charge in [-0.25, -0.2) is 13.3 Å². The zero-order valence-electron chi connectivity index (χ0n) is 18.9. The molecule has 1 saturated heterocycles. The molecule has 4 atom stereocenters. The predicted octanol–water partition coefficient (Wildman–Crippen LogP) is 4.66. The van der Waals surface area contributed by atoms with Crippen molar-refractivity contribution in [3.05, 3.63) is 83.2 Å². The minimum absolute atomic E-state index is 0.161. The Bertz CT molecular complexity index is 1350. The van der Waals surface area contributed by atoms with Gasteiger partial charge < -0.3 is 19.5 Å². The first-order valence-electron chi connectivity index (χ1n) is 11.0. The molecule has 3 aromatic carbocycles. The van der Waals surface area contributed by atoms with E-state index in [0.29, 0.717) is 22.1 Å². The highest BCUT2D eigenvalue weighted by atomic mass is 32.2. The molecule has 2 aliphatic heterocycles. The number of para-hydroxylation sites is 4. The zero-order chi connectivity index (χ0) is 24.4. The maximum atomic E-state index is 13.7. The van der Waals surface area contributed by atoms with Crippen molar-refractivity contribution in [2.24, 2.45) is 9.48 Å². The molecule has 2 aliphatic rings. The normalized spacial score (nSPS) is 22.6. The number of nitrogens with zero attached hydrogens (tertiary/aromatic N) is 5. The van der Waals surface area contributed by atoms with Crippen LogP contribution in [0.1, 0.15) is 0 Å². The lowest BCUT2D eigenvalue weighted by molar-refractivity contribution is -0.0242. The number of rotatable bonds is 5. The minimum Gasteiger partial charge on any atom is -0.453 e. The molecule has 0 saturated carbocycles. The number of aliphatic hydroxyl groups is 1. The zero-order valence-corrected chi connectivity index (χ0v) is 19.7. The topological polar surface area (TPSA) is 132 Å². The van der Waals surface area contributed by atoms with E-state index in [1.165, 1.54) is 7.05 Å². The van der Waals surface area contributed by atoms with E-state index in [1.54, 1.807) is 24.3 Å². The molecule has 10 nitrogen and oxygen atoms in total. The van der Waals surface area contributed by atoms with Crippen LogP contribution in [0.2, 0.25) is 0 Å². The van der Waals surface area contributed by atoms with E-state index in [4.69, 9.17) is 15.0 Å². The van der Waals surface area contributed by atoms with E-state index in [0.717, 1.165) is 11.4 Å². The van der Waals surface area contributed by atoms with Gasteiger partial charge in [0.15, 0.2) is 11.5 Å². The molecule has 0 spiro atoms. The molecule has 1 fully saturated rings. The van der Waals surface area contributed by atoms with Crippen molar-refractivity contribution in [3.8, 4) is 11.5 Å². The number of hydrogen-bond donors (Lipinski definition) is 2. The van der Waals surface area contributed by atoms with Crippen LogP contribution < -0.4 is 14.4 Å². The van der Waals surface area contributed by atoms with Crippen molar-refractivity contribution in [1.29, 1.82) is 0 Å². The third-order valence-corrected chi connectivity index (χ3v) is 8.13. The maximum Gasteiger partial charge on any atom is 0.151 e. The maximum absolute atomic E-state index is 13.7. The fraction of sp³-hybridized carbons (Fsp3) is 0.250. The van der Waals surface area contributed by atoms with Crippen LogP contribution >= 0.6 is 0 Å². The summed E-state index contributed by atoms with van der Waals surface area (Å²) in [7, 11) is -1.63. The number of benzene rings is 3. The van der Waals surface area contributed by atoms with Gasteiger partial charge in [-0.1, -0.05) is 41.5 Å². The summed E-state index contributed by atoms with van der Waals surface area (Å²) in [5.74, 6) is 1.36. The summed E-state index contributed by atoms with van der Waals surface area (Å²) in [6, 6.07) is 20.4. The van der Waals surface area contributed by atoms with E-state index in [2.05, 4.69) is 19.1 Å². The second kappa shape index (κ2) is 9.57. The molecule has 4 unspecified atom stereocenters. The Morgan fingerprint density at radius 3 is 2.26 bits per heavy atom. The van der Waals surface area contributed by atoms with Gasteiger partial charge in [-0.15, -0.1) is 0 Å². The first-order chi connectivity index (χ1) is 17.0. The number of anilines is 2. The molecular weight excluding hydrogens is 468 g/mol. The summed E-state index contributed by atoms with van der Waals surface area (Å²) in [4.78, 5) is 5.19. The lowest BCUT2D eigenvalue weighted by Gasteiger charge is -2.44. The highest BCUT2D eigenvalue weighted by Gasteiger charge is 2.41. The fourth-order valence-electron chi connectivity index (χ4n) is 4.38. The molecule has 2 N–H and O–H groups in total. The van der Waals surface area contributed by atoms with Crippen molar-refractivity contribution in [2.75, 3.05) is 25.2 Å².